The molecule has 1 aliphatic heterocycles. The molecule has 0 bridgehead atoms. The van der Waals surface area contributed by atoms with Gasteiger partial charge in [-0.3, -0.25) is 14.7 Å². The Morgan fingerprint density at radius 1 is 1.00 bits per heavy atom. The lowest BCUT2D eigenvalue weighted by Crippen LogP contribution is -2.27. The van der Waals surface area contributed by atoms with Crippen LogP contribution in [0.4, 0.5) is 32.2 Å². The minimum atomic E-state index is -4.79. The van der Waals surface area contributed by atoms with Crippen molar-refractivity contribution in [3.63, 3.8) is 0 Å². The van der Waals surface area contributed by atoms with E-state index in [0.717, 1.165) is 34.2 Å². The standard InChI is InChI=1S/C19H13F6N5O3S/c1-2-34(32,33)13-5-11(30-4-3-14(28-30)18(20,21)22)8-27-16(13)29-9-10-7-26-15(19(23,24)25)6-12(10)17(29)31/h3-8H,2,9H2,1H3. The molecule has 0 atom stereocenters. The van der Waals surface area contributed by atoms with Crippen LogP contribution in [-0.2, 0) is 28.7 Å². The lowest BCUT2D eigenvalue weighted by Gasteiger charge is -2.19. The van der Waals surface area contributed by atoms with Gasteiger partial charge in [-0.25, -0.2) is 18.1 Å². The van der Waals surface area contributed by atoms with Crippen LogP contribution in [0.5, 0.6) is 0 Å². The van der Waals surface area contributed by atoms with Gasteiger partial charge in [-0.05, 0) is 18.2 Å². The quantitative estimate of drug-likeness (QED) is 0.502. The molecule has 8 nitrogen and oxygen atoms in total. The number of sulfone groups is 1. The van der Waals surface area contributed by atoms with Gasteiger partial charge in [-0.15, -0.1) is 0 Å². The van der Waals surface area contributed by atoms with Crippen LogP contribution in [0.2, 0.25) is 0 Å². The smallest absolute Gasteiger partial charge is 0.287 e. The molecule has 4 heterocycles. The molecule has 1 aliphatic rings. The summed E-state index contributed by atoms with van der Waals surface area (Å²) in [5.41, 5.74) is -2.81. The molecule has 4 rings (SSSR count). The zero-order valence-corrected chi connectivity index (χ0v) is 17.8. The summed E-state index contributed by atoms with van der Waals surface area (Å²) in [6.45, 7) is 1.01. The summed E-state index contributed by atoms with van der Waals surface area (Å²) in [5, 5.41) is 3.37. The first-order valence-electron chi connectivity index (χ1n) is 9.46. The molecule has 0 aromatic carbocycles. The van der Waals surface area contributed by atoms with Gasteiger partial charge in [0.15, 0.2) is 21.3 Å². The molecule has 0 unspecified atom stereocenters. The molecule has 0 saturated carbocycles. The lowest BCUT2D eigenvalue weighted by atomic mass is 10.1. The normalized spacial score (nSPS) is 14.6. The highest BCUT2D eigenvalue weighted by atomic mass is 32.2. The van der Waals surface area contributed by atoms with E-state index in [2.05, 4.69) is 15.1 Å². The summed E-state index contributed by atoms with van der Waals surface area (Å²) < 4.78 is 104. The number of carbonyl (C=O) groups is 1. The third-order valence-electron chi connectivity index (χ3n) is 5.01. The zero-order valence-electron chi connectivity index (χ0n) is 17.0. The van der Waals surface area contributed by atoms with Gasteiger partial charge in [0.05, 0.1) is 24.2 Å². The van der Waals surface area contributed by atoms with Crippen molar-refractivity contribution >= 4 is 21.6 Å². The van der Waals surface area contributed by atoms with E-state index in [1.165, 1.54) is 6.92 Å². The SMILES string of the molecule is CCS(=O)(=O)c1cc(-n2ccc(C(F)(F)F)n2)cnc1N1Cc2cnc(C(F)(F)F)cc2C1=O. The van der Waals surface area contributed by atoms with Crippen molar-refractivity contribution in [2.75, 3.05) is 10.7 Å². The van der Waals surface area contributed by atoms with E-state index in [4.69, 9.17) is 0 Å². The van der Waals surface area contributed by atoms with Crippen LogP contribution in [0.25, 0.3) is 5.69 Å². The number of amides is 1. The van der Waals surface area contributed by atoms with Crippen LogP contribution >= 0.6 is 0 Å². The minimum Gasteiger partial charge on any atom is -0.287 e. The number of alkyl halides is 6. The van der Waals surface area contributed by atoms with E-state index in [-0.39, 0.29) is 29.2 Å². The van der Waals surface area contributed by atoms with E-state index in [9.17, 15) is 39.6 Å². The first kappa shape index (κ1) is 23.7. The molecule has 3 aromatic rings. The molecule has 34 heavy (non-hydrogen) atoms. The number of pyridine rings is 2. The van der Waals surface area contributed by atoms with E-state index < -0.39 is 50.1 Å². The van der Waals surface area contributed by atoms with Gasteiger partial charge in [0.2, 0.25) is 0 Å². The van der Waals surface area contributed by atoms with Crippen LogP contribution in [0, 0.1) is 0 Å². The lowest BCUT2D eigenvalue weighted by molar-refractivity contribution is -0.142. The van der Waals surface area contributed by atoms with Crippen LogP contribution in [0.1, 0.15) is 34.2 Å². The fourth-order valence-corrected chi connectivity index (χ4v) is 4.33. The van der Waals surface area contributed by atoms with Gasteiger partial charge < -0.3 is 0 Å². The highest BCUT2D eigenvalue weighted by Gasteiger charge is 2.39. The summed E-state index contributed by atoms with van der Waals surface area (Å²) >= 11 is 0. The Hall–Kier alpha value is -3.49. The van der Waals surface area contributed by atoms with Crippen molar-refractivity contribution in [2.24, 2.45) is 0 Å². The second-order valence-corrected chi connectivity index (χ2v) is 9.42. The zero-order chi connectivity index (χ0) is 25.1. The molecule has 180 valence electrons. The van der Waals surface area contributed by atoms with Crippen molar-refractivity contribution in [2.45, 2.75) is 30.7 Å². The molecule has 0 radical (unpaired) electrons. The van der Waals surface area contributed by atoms with Gasteiger partial charge in [0.25, 0.3) is 5.91 Å². The number of nitrogens with zero attached hydrogens (tertiary/aromatic N) is 5. The predicted octanol–water partition coefficient (Wildman–Crippen LogP) is 3.65. The highest BCUT2D eigenvalue weighted by Crippen LogP contribution is 2.36. The molecule has 0 saturated heterocycles. The van der Waals surface area contributed by atoms with Gasteiger partial charge in [-0.1, -0.05) is 6.92 Å². The number of aromatic nitrogens is 4. The van der Waals surface area contributed by atoms with E-state index in [1.54, 1.807) is 0 Å². The maximum Gasteiger partial charge on any atom is 0.435 e. The Balaban J connectivity index is 1.79. The Kier molecular flexibility index (Phi) is 5.42. The monoisotopic (exact) mass is 505 g/mol. The van der Waals surface area contributed by atoms with Crippen molar-refractivity contribution in [3.8, 4) is 5.69 Å². The molecule has 0 spiro atoms. The molecule has 0 aliphatic carbocycles. The fraction of sp³-hybridized carbons (Fsp3) is 0.263. The topological polar surface area (TPSA) is 98.0 Å². The second-order valence-electron chi connectivity index (χ2n) is 7.18. The second kappa shape index (κ2) is 7.78. The molecule has 0 fully saturated rings. The molecular weight excluding hydrogens is 492 g/mol. The first-order chi connectivity index (χ1) is 15.7. The van der Waals surface area contributed by atoms with Gasteiger partial charge in [-0.2, -0.15) is 31.4 Å². The van der Waals surface area contributed by atoms with Crippen molar-refractivity contribution in [1.29, 1.82) is 0 Å². The Bertz CT molecular complexity index is 1400. The average Bonchev–Trinajstić information content (AvgIpc) is 3.38. The summed E-state index contributed by atoms with van der Waals surface area (Å²) in [6, 6.07) is 2.26. The summed E-state index contributed by atoms with van der Waals surface area (Å²) in [7, 11) is -4.08. The third-order valence-corrected chi connectivity index (χ3v) is 6.74. The van der Waals surface area contributed by atoms with Crippen molar-refractivity contribution < 1.29 is 39.6 Å². The number of hydrogen-bond acceptors (Lipinski definition) is 6. The molecule has 15 heteroatoms. The predicted molar refractivity (Wildman–Crippen MR) is 104 cm³/mol. The van der Waals surface area contributed by atoms with Crippen LogP contribution < -0.4 is 4.90 Å². The molecule has 3 aromatic heterocycles. The van der Waals surface area contributed by atoms with E-state index in [0.29, 0.717) is 12.1 Å². The number of hydrogen-bond donors (Lipinski definition) is 0. The van der Waals surface area contributed by atoms with Crippen LogP contribution in [-0.4, -0.2) is 39.8 Å². The van der Waals surface area contributed by atoms with Gasteiger partial charge >= 0.3 is 12.4 Å². The first-order valence-corrected chi connectivity index (χ1v) is 11.1. The highest BCUT2D eigenvalue weighted by molar-refractivity contribution is 7.91. The summed E-state index contributed by atoms with van der Waals surface area (Å²) in [5.74, 6) is -1.73. The maximum absolute atomic E-state index is 13.0. The Labute approximate surface area is 187 Å². The van der Waals surface area contributed by atoms with Crippen molar-refractivity contribution in [3.05, 3.63) is 59.3 Å². The average molecular weight is 505 g/mol. The number of anilines is 1. The summed E-state index contributed by atoms with van der Waals surface area (Å²) in [4.78, 5) is 20.5. The van der Waals surface area contributed by atoms with Gasteiger partial charge in [0, 0.05) is 23.5 Å². The molecule has 1 amide bonds. The van der Waals surface area contributed by atoms with Gasteiger partial charge in [0.1, 0.15) is 10.6 Å². The van der Waals surface area contributed by atoms with Crippen LogP contribution in [0.3, 0.4) is 0 Å². The number of halogens is 6. The Morgan fingerprint density at radius 3 is 2.26 bits per heavy atom. The number of carbonyl (C=O) groups excluding carboxylic acids is 1. The fourth-order valence-electron chi connectivity index (χ4n) is 3.28. The van der Waals surface area contributed by atoms with E-state index >= 15 is 0 Å². The number of rotatable bonds is 4. The molecular formula is C19H13F6N5O3S. The maximum atomic E-state index is 13.0. The summed E-state index contributed by atoms with van der Waals surface area (Å²) in [6.07, 6.45) is -6.68. The minimum absolute atomic E-state index is 0.128. The Morgan fingerprint density at radius 2 is 1.68 bits per heavy atom. The largest absolute Gasteiger partial charge is 0.435 e. The van der Waals surface area contributed by atoms with Crippen molar-refractivity contribution in [1.82, 2.24) is 19.7 Å². The van der Waals surface area contributed by atoms with E-state index in [1.807, 2.05) is 0 Å². The number of fused-ring (bicyclic) bond motifs is 1. The molecule has 0 N–H and O–H groups in total. The third kappa shape index (κ3) is 4.10. The van der Waals surface area contributed by atoms with Crippen LogP contribution in [0.15, 0.2) is 41.7 Å².